The molecule has 0 radical (unpaired) electrons. The fraction of sp³-hybridized carbons (Fsp3) is 0.259. The Kier molecular flexibility index (Phi) is 7.27. The summed E-state index contributed by atoms with van der Waals surface area (Å²) in [5.41, 5.74) is 4.05. The lowest BCUT2D eigenvalue weighted by Gasteiger charge is -2.08. The van der Waals surface area contributed by atoms with Crippen molar-refractivity contribution in [3.8, 4) is 0 Å². The zero-order valence-electron chi connectivity index (χ0n) is 19.9. The third kappa shape index (κ3) is 5.41. The van der Waals surface area contributed by atoms with Crippen LogP contribution in [-0.2, 0) is 17.9 Å². The largest absolute Gasteiger partial charge is 0.467 e. The molecule has 5 aromatic rings. The number of benzene rings is 2. The second-order valence-electron chi connectivity index (χ2n) is 8.63. The third-order valence-corrected chi connectivity index (χ3v) is 6.88. The molecule has 3 heterocycles. The first-order valence-corrected chi connectivity index (χ1v) is 12.9. The molecule has 0 atom stereocenters. The highest BCUT2D eigenvalue weighted by Crippen LogP contribution is 2.29. The van der Waals surface area contributed by atoms with Crippen molar-refractivity contribution in [3.63, 3.8) is 0 Å². The average Bonchev–Trinajstić information content (AvgIpc) is 3.50. The molecule has 7 nitrogen and oxygen atoms in total. The maximum atomic E-state index is 14.4. The summed E-state index contributed by atoms with van der Waals surface area (Å²) < 4.78 is 21.7. The van der Waals surface area contributed by atoms with Crippen molar-refractivity contribution in [2.45, 2.75) is 44.4 Å². The molecule has 0 fully saturated rings. The molecular formula is C27H26FN5O2S. The Morgan fingerprint density at radius 2 is 2.00 bits per heavy atom. The van der Waals surface area contributed by atoms with Gasteiger partial charge in [-0.15, -0.1) is 10.2 Å². The van der Waals surface area contributed by atoms with Crippen LogP contribution in [0, 0.1) is 12.7 Å². The molecule has 0 spiro atoms. The van der Waals surface area contributed by atoms with Crippen LogP contribution in [0.5, 0.6) is 0 Å². The minimum Gasteiger partial charge on any atom is -0.467 e. The molecule has 1 amide bonds. The minimum atomic E-state index is -0.246. The Bertz CT molecular complexity index is 1500. The van der Waals surface area contributed by atoms with Crippen LogP contribution in [0.25, 0.3) is 22.1 Å². The molecule has 0 aliphatic heterocycles. The van der Waals surface area contributed by atoms with E-state index in [-0.39, 0.29) is 11.7 Å². The zero-order chi connectivity index (χ0) is 24.9. The van der Waals surface area contributed by atoms with Crippen LogP contribution in [0.4, 0.5) is 4.39 Å². The van der Waals surface area contributed by atoms with Crippen LogP contribution in [-0.4, -0.2) is 31.4 Å². The van der Waals surface area contributed by atoms with Gasteiger partial charge in [0.15, 0.2) is 5.65 Å². The van der Waals surface area contributed by atoms with E-state index in [1.165, 1.54) is 17.8 Å². The fourth-order valence-corrected chi connectivity index (χ4v) is 4.89. The predicted octanol–water partition coefficient (Wildman–Crippen LogP) is 5.65. The van der Waals surface area contributed by atoms with E-state index in [1.54, 1.807) is 24.5 Å². The van der Waals surface area contributed by atoms with E-state index in [9.17, 15) is 9.18 Å². The Balaban J connectivity index is 1.26. The SMILES string of the molecule is Cc1ccc2c(c1)c1nnc(SCCCCC(=O)NCc3ccco3)nc1n2Cc1ccccc1F. The lowest BCUT2D eigenvalue weighted by molar-refractivity contribution is -0.121. The maximum absolute atomic E-state index is 14.4. The quantitative estimate of drug-likeness (QED) is 0.196. The third-order valence-electron chi connectivity index (χ3n) is 5.96. The van der Waals surface area contributed by atoms with Crippen LogP contribution in [0.15, 0.2) is 70.4 Å². The molecule has 3 aromatic heterocycles. The number of hydrogen-bond acceptors (Lipinski definition) is 6. The van der Waals surface area contributed by atoms with Gasteiger partial charge in [0.25, 0.3) is 0 Å². The average molecular weight is 504 g/mol. The second kappa shape index (κ2) is 10.9. The Morgan fingerprint density at radius 1 is 1.11 bits per heavy atom. The van der Waals surface area contributed by atoms with Crippen molar-refractivity contribution in [2.24, 2.45) is 0 Å². The lowest BCUT2D eigenvalue weighted by atomic mass is 10.1. The van der Waals surface area contributed by atoms with Gasteiger partial charge in [0.2, 0.25) is 11.1 Å². The summed E-state index contributed by atoms with van der Waals surface area (Å²) in [4.78, 5) is 16.8. The highest BCUT2D eigenvalue weighted by atomic mass is 32.2. The van der Waals surface area contributed by atoms with Crippen LogP contribution in [0.3, 0.4) is 0 Å². The van der Waals surface area contributed by atoms with Gasteiger partial charge in [-0.25, -0.2) is 9.37 Å². The number of unbranched alkanes of at least 4 members (excludes halogenated alkanes) is 1. The molecule has 1 N–H and O–H groups in total. The van der Waals surface area contributed by atoms with Gasteiger partial charge in [0.05, 0.1) is 24.9 Å². The second-order valence-corrected chi connectivity index (χ2v) is 9.69. The summed E-state index contributed by atoms with van der Waals surface area (Å²) in [5.74, 6) is 1.26. The first kappa shape index (κ1) is 24.0. The van der Waals surface area contributed by atoms with Gasteiger partial charge >= 0.3 is 0 Å². The van der Waals surface area contributed by atoms with Crippen LogP contribution in [0.2, 0.25) is 0 Å². The van der Waals surface area contributed by atoms with Crippen LogP contribution < -0.4 is 5.32 Å². The Morgan fingerprint density at radius 3 is 2.83 bits per heavy atom. The molecule has 36 heavy (non-hydrogen) atoms. The molecule has 0 saturated heterocycles. The molecule has 2 aromatic carbocycles. The van der Waals surface area contributed by atoms with Gasteiger partial charge in [-0.3, -0.25) is 4.79 Å². The van der Waals surface area contributed by atoms with Crippen molar-refractivity contribution in [1.82, 2.24) is 25.1 Å². The number of nitrogens with zero attached hydrogens (tertiary/aromatic N) is 4. The smallest absolute Gasteiger partial charge is 0.220 e. The number of aryl methyl sites for hydroxylation is 1. The van der Waals surface area contributed by atoms with Gasteiger partial charge in [-0.1, -0.05) is 41.6 Å². The highest BCUT2D eigenvalue weighted by molar-refractivity contribution is 7.99. The number of thioether (sulfide) groups is 1. The molecule has 0 saturated carbocycles. The number of amides is 1. The van der Waals surface area contributed by atoms with Crippen molar-refractivity contribution < 1.29 is 13.6 Å². The number of nitrogens with one attached hydrogen (secondary N) is 1. The van der Waals surface area contributed by atoms with Gasteiger partial charge in [-0.2, -0.15) is 0 Å². The van der Waals surface area contributed by atoms with Crippen molar-refractivity contribution in [1.29, 1.82) is 0 Å². The molecule has 0 bridgehead atoms. The fourth-order valence-electron chi connectivity index (χ4n) is 4.11. The maximum Gasteiger partial charge on any atom is 0.220 e. The zero-order valence-corrected chi connectivity index (χ0v) is 20.7. The summed E-state index contributed by atoms with van der Waals surface area (Å²) in [6.07, 6.45) is 3.65. The van der Waals surface area contributed by atoms with E-state index in [0.29, 0.717) is 41.4 Å². The summed E-state index contributed by atoms with van der Waals surface area (Å²) in [6, 6.07) is 16.5. The van der Waals surface area contributed by atoms with E-state index < -0.39 is 0 Å². The summed E-state index contributed by atoms with van der Waals surface area (Å²) >= 11 is 1.51. The molecule has 5 rings (SSSR count). The predicted molar refractivity (Wildman–Crippen MR) is 138 cm³/mol. The van der Waals surface area contributed by atoms with E-state index in [1.807, 2.05) is 35.8 Å². The topological polar surface area (TPSA) is 85.8 Å². The van der Waals surface area contributed by atoms with E-state index in [4.69, 9.17) is 9.40 Å². The molecular weight excluding hydrogens is 477 g/mol. The number of carbonyl (C=O) groups excluding carboxylic acids is 1. The first-order valence-electron chi connectivity index (χ1n) is 11.9. The number of halogens is 1. The van der Waals surface area contributed by atoms with Crippen LogP contribution >= 0.6 is 11.8 Å². The molecule has 0 unspecified atom stereocenters. The first-order chi connectivity index (χ1) is 17.6. The number of fused-ring (bicyclic) bond motifs is 3. The molecule has 0 aliphatic carbocycles. The number of hydrogen-bond donors (Lipinski definition) is 1. The normalized spacial score (nSPS) is 11.4. The Labute approximate surface area is 212 Å². The van der Waals surface area contributed by atoms with Gasteiger partial charge in [-0.05, 0) is 50.1 Å². The summed E-state index contributed by atoms with van der Waals surface area (Å²) in [6.45, 7) is 2.79. The minimum absolute atomic E-state index is 0.00342. The number of carbonyl (C=O) groups is 1. The van der Waals surface area contributed by atoms with E-state index >= 15 is 0 Å². The van der Waals surface area contributed by atoms with Crippen molar-refractivity contribution in [3.05, 3.63) is 83.6 Å². The van der Waals surface area contributed by atoms with E-state index in [0.717, 1.165) is 40.8 Å². The van der Waals surface area contributed by atoms with Crippen molar-refractivity contribution >= 4 is 39.7 Å². The van der Waals surface area contributed by atoms with Gasteiger partial charge < -0.3 is 14.3 Å². The molecule has 184 valence electrons. The lowest BCUT2D eigenvalue weighted by Crippen LogP contribution is -2.22. The van der Waals surface area contributed by atoms with Gasteiger partial charge in [0.1, 0.15) is 17.1 Å². The summed E-state index contributed by atoms with van der Waals surface area (Å²) in [5, 5.41) is 13.2. The number of rotatable bonds is 10. The Hall–Kier alpha value is -3.72. The number of furan rings is 1. The molecule has 9 heteroatoms. The van der Waals surface area contributed by atoms with Crippen LogP contribution in [0.1, 0.15) is 36.1 Å². The van der Waals surface area contributed by atoms with Crippen molar-refractivity contribution in [2.75, 3.05) is 5.75 Å². The van der Waals surface area contributed by atoms with E-state index in [2.05, 4.69) is 21.6 Å². The molecule has 0 aliphatic rings. The van der Waals surface area contributed by atoms with Gasteiger partial charge in [0, 0.05) is 23.1 Å². The standard InChI is InChI=1S/C27H26FN5O2S/c1-18-11-12-23-21(15-18)25-26(33(23)17-19-7-2-3-9-22(19)28)30-27(32-31-25)36-14-5-4-10-24(34)29-16-20-8-6-13-35-20/h2-3,6-9,11-13,15H,4-5,10,14,16-17H2,1H3,(H,29,34). The highest BCUT2D eigenvalue weighted by Gasteiger charge is 2.17. The number of aromatic nitrogens is 4. The monoisotopic (exact) mass is 503 g/mol. The summed E-state index contributed by atoms with van der Waals surface area (Å²) in [7, 11) is 0.